The molecule has 26 heavy (non-hydrogen) atoms. The van der Waals surface area contributed by atoms with Gasteiger partial charge in [-0.05, 0) is 63.3 Å². The number of benzene rings is 1. The first kappa shape index (κ1) is 18.7. The quantitative estimate of drug-likeness (QED) is 0.894. The van der Waals surface area contributed by atoms with E-state index >= 15 is 0 Å². The summed E-state index contributed by atoms with van der Waals surface area (Å²) < 4.78 is 18.7. The number of nitrogens with zero attached hydrogens (tertiary/aromatic N) is 2. The van der Waals surface area contributed by atoms with Gasteiger partial charge in [-0.15, -0.1) is 0 Å². The van der Waals surface area contributed by atoms with E-state index in [-0.39, 0.29) is 11.9 Å². The predicted molar refractivity (Wildman–Crippen MR) is 95.8 cm³/mol. The van der Waals surface area contributed by atoms with Crippen LogP contribution in [0.5, 0.6) is 0 Å². The van der Waals surface area contributed by atoms with Crippen LogP contribution in [0.25, 0.3) is 0 Å². The molecule has 2 atom stereocenters. The lowest BCUT2D eigenvalue weighted by Gasteiger charge is -2.39. The second kappa shape index (κ2) is 7.63. The van der Waals surface area contributed by atoms with E-state index in [9.17, 15) is 14.4 Å². The maximum absolute atomic E-state index is 13.6. The molecular formula is C20H26FN3O2. The van der Waals surface area contributed by atoms with E-state index in [0.717, 1.165) is 50.8 Å². The van der Waals surface area contributed by atoms with E-state index in [2.05, 4.69) is 11.0 Å². The second-order valence-electron chi connectivity index (χ2n) is 7.62. The number of hydrogen-bond acceptors (Lipinski definition) is 4. The lowest BCUT2D eigenvalue weighted by molar-refractivity contribution is 0.0767. The normalized spacial score (nSPS) is 30.5. The molecule has 0 spiro atoms. The van der Waals surface area contributed by atoms with Crippen LogP contribution in [0.15, 0.2) is 24.3 Å². The van der Waals surface area contributed by atoms with Crippen molar-refractivity contribution >= 4 is 6.09 Å². The Balaban J connectivity index is 1.60. The number of primary amides is 1. The summed E-state index contributed by atoms with van der Waals surface area (Å²) in [6.45, 7) is 3.75. The molecule has 1 saturated heterocycles. The molecule has 1 unspecified atom stereocenters. The van der Waals surface area contributed by atoms with Gasteiger partial charge in [-0.3, -0.25) is 4.90 Å². The van der Waals surface area contributed by atoms with Gasteiger partial charge in [0.05, 0.1) is 11.5 Å². The molecule has 1 aliphatic heterocycles. The number of hydrogen-bond donors (Lipinski definition) is 1. The molecular weight excluding hydrogens is 333 g/mol. The number of carbonyl (C=O) groups excluding carboxylic acids is 1. The standard InChI is InChI=1S/C20H26FN3O2/c1-14(26-19(23)25)15-7-10-24(12-15)18-5-8-20(13-22,9-6-18)16-3-2-4-17(21)11-16/h2-4,11,14-15,18H,5-10,12H2,1H3,(H2,23,25)/t14?,15-,18?,20?/m1/s1. The highest BCUT2D eigenvalue weighted by Crippen LogP contribution is 2.41. The number of nitrogens with two attached hydrogens (primary N) is 1. The first-order valence-electron chi connectivity index (χ1n) is 9.31. The highest BCUT2D eigenvalue weighted by atomic mass is 19.1. The topological polar surface area (TPSA) is 79.3 Å². The minimum atomic E-state index is -0.720. The molecule has 5 nitrogen and oxygen atoms in total. The van der Waals surface area contributed by atoms with E-state index in [1.165, 1.54) is 12.1 Å². The van der Waals surface area contributed by atoms with Crippen molar-refractivity contribution in [2.75, 3.05) is 13.1 Å². The summed E-state index contributed by atoms with van der Waals surface area (Å²) in [6, 6.07) is 9.35. The molecule has 0 aromatic heterocycles. The lowest BCUT2D eigenvalue weighted by Crippen LogP contribution is -2.41. The number of ether oxygens (including phenoxy) is 1. The summed E-state index contributed by atoms with van der Waals surface area (Å²) in [6.07, 6.45) is 3.41. The average Bonchev–Trinajstić information content (AvgIpc) is 3.11. The molecule has 2 fully saturated rings. The van der Waals surface area contributed by atoms with Crippen LogP contribution < -0.4 is 5.73 Å². The molecule has 140 valence electrons. The molecule has 1 aromatic rings. The summed E-state index contributed by atoms with van der Waals surface area (Å²) in [5.41, 5.74) is 5.33. The summed E-state index contributed by atoms with van der Waals surface area (Å²) in [5, 5.41) is 9.79. The SMILES string of the molecule is CC(OC(N)=O)[C@@H]1CCN(C2CCC(C#N)(c3cccc(F)c3)CC2)C1. The van der Waals surface area contributed by atoms with Crippen molar-refractivity contribution in [1.29, 1.82) is 5.26 Å². The van der Waals surface area contributed by atoms with E-state index in [4.69, 9.17) is 10.5 Å². The first-order chi connectivity index (χ1) is 12.4. The van der Waals surface area contributed by atoms with Crippen molar-refractivity contribution in [2.45, 2.75) is 56.6 Å². The van der Waals surface area contributed by atoms with Crippen molar-refractivity contribution in [3.8, 4) is 6.07 Å². The average molecular weight is 359 g/mol. The van der Waals surface area contributed by atoms with Crippen LogP contribution >= 0.6 is 0 Å². The molecule has 2 N–H and O–H groups in total. The van der Waals surface area contributed by atoms with Gasteiger partial charge in [0.25, 0.3) is 0 Å². The van der Waals surface area contributed by atoms with Gasteiger partial charge >= 0.3 is 6.09 Å². The van der Waals surface area contributed by atoms with Gasteiger partial charge in [0.15, 0.2) is 0 Å². The minimum absolute atomic E-state index is 0.174. The van der Waals surface area contributed by atoms with E-state index in [1.807, 2.05) is 13.0 Å². The van der Waals surface area contributed by atoms with E-state index < -0.39 is 11.5 Å². The van der Waals surface area contributed by atoms with Gasteiger partial charge in [0, 0.05) is 18.5 Å². The molecule has 1 amide bonds. The van der Waals surface area contributed by atoms with E-state index in [1.54, 1.807) is 6.07 Å². The number of rotatable bonds is 4. The highest BCUT2D eigenvalue weighted by molar-refractivity contribution is 5.64. The molecule has 1 saturated carbocycles. The Morgan fingerprint density at radius 1 is 1.42 bits per heavy atom. The smallest absolute Gasteiger partial charge is 0.404 e. The van der Waals surface area contributed by atoms with Crippen LogP contribution in [-0.2, 0) is 10.2 Å². The lowest BCUT2D eigenvalue weighted by atomic mass is 9.69. The summed E-state index contributed by atoms with van der Waals surface area (Å²) in [7, 11) is 0. The van der Waals surface area contributed by atoms with Gasteiger partial charge in [-0.2, -0.15) is 5.26 Å². The largest absolute Gasteiger partial charge is 0.446 e. The zero-order valence-corrected chi connectivity index (χ0v) is 15.2. The molecule has 1 aromatic carbocycles. The molecule has 1 heterocycles. The molecule has 1 aliphatic carbocycles. The van der Waals surface area contributed by atoms with Gasteiger partial charge in [-0.1, -0.05) is 12.1 Å². The summed E-state index contributed by atoms with van der Waals surface area (Å²) >= 11 is 0. The number of amides is 1. The van der Waals surface area contributed by atoms with Gasteiger partial charge in [0.2, 0.25) is 0 Å². The minimum Gasteiger partial charge on any atom is -0.446 e. The van der Waals surface area contributed by atoms with Crippen molar-refractivity contribution in [3.63, 3.8) is 0 Å². The zero-order valence-electron chi connectivity index (χ0n) is 15.2. The van der Waals surface area contributed by atoms with Crippen LogP contribution in [0.4, 0.5) is 9.18 Å². The van der Waals surface area contributed by atoms with E-state index in [0.29, 0.717) is 12.0 Å². The Bertz CT molecular complexity index is 695. The Kier molecular flexibility index (Phi) is 5.47. The third-order valence-electron chi connectivity index (χ3n) is 6.14. The first-order valence-corrected chi connectivity index (χ1v) is 9.31. The number of halogens is 1. The van der Waals surface area contributed by atoms with Gasteiger partial charge in [0.1, 0.15) is 11.9 Å². The van der Waals surface area contributed by atoms with Crippen LogP contribution in [0.1, 0.15) is 44.6 Å². The molecule has 3 rings (SSSR count). The fourth-order valence-corrected chi connectivity index (χ4v) is 4.52. The number of likely N-dealkylation sites (tertiary alicyclic amines) is 1. The molecule has 6 heteroatoms. The zero-order chi connectivity index (χ0) is 18.7. The van der Waals surface area contributed by atoms with Crippen LogP contribution in [0.2, 0.25) is 0 Å². The Morgan fingerprint density at radius 2 is 2.15 bits per heavy atom. The van der Waals surface area contributed by atoms with Crippen molar-refractivity contribution in [3.05, 3.63) is 35.6 Å². The fourth-order valence-electron chi connectivity index (χ4n) is 4.52. The van der Waals surface area contributed by atoms with Gasteiger partial charge in [-0.25, -0.2) is 9.18 Å². The summed E-state index contributed by atoms with van der Waals surface area (Å²) in [4.78, 5) is 13.4. The fraction of sp³-hybridized carbons (Fsp3) is 0.600. The van der Waals surface area contributed by atoms with Crippen LogP contribution in [0.3, 0.4) is 0 Å². The Labute approximate surface area is 153 Å². The second-order valence-corrected chi connectivity index (χ2v) is 7.62. The highest BCUT2D eigenvalue weighted by Gasteiger charge is 2.41. The van der Waals surface area contributed by atoms with Gasteiger partial charge < -0.3 is 10.5 Å². The van der Waals surface area contributed by atoms with Crippen molar-refractivity contribution < 1.29 is 13.9 Å². The Hall–Kier alpha value is -2.13. The van der Waals surface area contributed by atoms with Crippen molar-refractivity contribution in [2.24, 2.45) is 11.7 Å². The maximum Gasteiger partial charge on any atom is 0.404 e. The predicted octanol–water partition coefficient (Wildman–Crippen LogP) is 3.34. The van der Waals surface area contributed by atoms with Crippen LogP contribution in [-0.4, -0.2) is 36.2 Å². The third-order valence-corrected chi connectivity index (χ3v) is 6.14. The van der Waals surface area contributed by atoms with Crippen molar-refractivity contribution in [1.82, 2.24) is 4.90 Å². The Morgan fingerprint density at radius 3 is 2.77 bits per heavy atom. The molecule has 2 aliphatic rings. The maximum atomic E-state index is 13.6. The number of carbonyl (C=O) groups is 1. The number of nitriles is 1. The molecule has 0 radical (unpaired) electrons. The monoisotopic (exact) mass is 359 g/mol. The third kappa shape index (κ3) is 3.83. The molecule has 0 bridgehead atoms. The van der Waals surface area contributed by atoms with Crippen LogP contribution in [0, 0.1) is 23.1 Å². The summed E-state index contributed by atoms with van der Waals surface area (Å²) in [5.74, 6) is 0.0124.